The highest BCUT2D eigenvalue weighted by atomic mass is 32.1. The lowest BCUT2D eigenvalue weighted by Crippen LogP contribution is -2.30. The molecule has 140 valence electrons. The number of carbonyl (C=O) groups is 1. The van der Waals surface area contributed by atoms with E-state index in [4.69, 9.17) is 21.7 Å². The molecular formula is C21H22N2O3S. The Labute approximate surface area is 164 Å². The van der Waals surface area contributed by atoms with Crippen molar-refractivity contribution in [2.45, 2.75) is 20.8 Å². The maximum atomic E-state index is 12.9. The minimum Gasteiger partial charge on any atom is -0.493 e. The molecule has 0 aliphatic carbocycles. The summed E-state index contributed by atoms with van der Waals surface area (Å²) in [4.78, 5) is 14.5. The van der Waals surface area contributed by atoms with Crippen LogP contribution in [0.25, 0.3) is 6.08 Å². The average Bonchev–Trinajstić information content (AvgIpc) is 2.88. The Kier molecular flexibility index (Phi) is 5.46. The Morgan fingerprint density at radius 1 is 1.11 bits per heavy atom. The molecule has 0 aromatic heterocycles. The highest BCUT2D eigenvalue weighted by Crippen LogP contribution is 2.30. The highest BCUT2D eigenvalue weighted by molar-refractivity contribution is 7.80. The highest BCUT2D eigenvalue weighted by Gasteiger charge is 2.32. The molecule has 1 amide bonds. The molecule has 0 spiro atoms. The van der Waals surface area contributed by atoms with Gasteiger partial charge in [0.25, 0.3) is 5.91 Å². The van der Waals surface area contributed by atoms with E-state index in [0.29, 0.717) is 28.9 Å². The van der Waals surface area contributed by atoms with Gasteiger partial charge in [-0.15, -0.1) is 0 Å². The number of nitrogens with one attached hydrogen (secondary N) is 1. The van der Waals surface area contributed by atoms with Crippen molar-refractivity contribution in [1.29, 1.82) is 0 Å². The van der Waals surface area contributed by atoms with Crippen molar-refractivity contribution in [3.05, 3.63) is 58.8 Å². The van der Waals surface area contributed by atoms with Crippen molar-refractivity contribution in [3.63, 3.8) is 0 Å². The SMILES string of the molecule is CCOc1cc(/C=C2\NC(=S)N(c3cc(C)cc(C)c3)C2=O)ccc1OC. The van der Waals surface area contributed by atoms with Gasteiger partial charge in [0, 0.05) is 0 Å². The van der Waals surface area contributed by atoms with Crippen LogP contribution in [-0.4, -0.2) is 24.7 Å². The molecule has 5 nitrogen and oxygen atoms in total. The smallest absolute Gasteiger partial charge is 0.281 e. The molecule has 2 aromatic carbocycles. The first-order valence-electron chi connectivity index (χ1n) is 8.69. The largest absolute Gasteiger partial charge is 0.493 e. The predicted molar refractivity (Wildman–Crippen MR) is 111 cm³/mol. The average molecular weight is 382 g/mol. The summed E-state index contributed by atoms with van der Waals surface area (Å²) in [5.41, 5.74) is 4.17. The molecule has 1 heterocycles. The third kappa shape index (κ3) is 3.95. The number of carbonyl (C=O) groups excluding carboxylic acids is 1. The summed E-state index contributed by atoms with van der Waals surface area (Å²) in [7, 11) is 1.60. The van der Waals surface area contributed by atoms with Gasteiger partial charge in [0.2, 0.25) is 0 Å². The number of ether oxygens (including phenoxy) is 2. The van der Waals surface area contributed by atoms with E-state index in [9.17, 15) is 4.79 Å². The van der Waals surface area contributed by atoms with Gasteiger partial charge >= 0.3 is 0 Å². The fourth-order valence-corrected chi connectivity index (χ4v) is 3.37. The van der Waals surface area contributed by atoms with E-state index < -0.39 is 0 Å². The van der Waals surface area contributed by atoms with Crippen molar-refractivity contribution in [2.24, 2.45) is 0 Å². The van der Waals surface area contributed by atoms with Gasteiger partial charge in [-0.3, -0.25) is 9.69 Å². The molecule has 0 atom stereocenters. The lowest BCUT2D eigenvalue weighted by Gasteiger charge is -2.15. The molecule has 0 unspecified atom stereocenters. The van der Waals surface area contributed by atoms with E-state index in [1.165, 1.54) is 4.90 Å². The van der Waals surface area contributed by atoms with Gasteiger partial charge in [-0.25, -0.2) is 0 Å². The second-order valence-corrected chi connectivity index (χ2v) is 6.70. The number of hydrogen-bond donors (Lipinski definition) is 1. The van der Waals surface area contributed by atoms with Gasteiger partial charge in [-0.1, -0.05) is 12.1 Å². The number of methoxy groups -OCH3 is 1. The maximum absolute atomic E-state index is 12.9. The van der Waals surface area contributed by atoms with Crippen molar-refractivity contribution >= 4 is 35.0 Å². The van der Waals surface area contributed by atoms with E-state index in [1.54, 1.807) is 13.2 Å². The zero-order valence-electron chi connectivity index (χ0n) is 15.8. The molecule has 1 saturated heterocycles. The Balaban J connectivity index is 1.93. The van der Waals surface area contributed by atoms with Crippen molar-refractivity contribution in [3.8, 4) is 11.5 Å². The number of benzene rings is 2. The van der Waals surface area contributed by atoms with Crippen LogP contribution in [0.5, 0.6) is 11.5 Å². The van der Waals surface area contributed by atoms with Crippen LogP contribution in [0.2, 0.25) is 0 Å². The topological polar surface area (TPSA) is 50.8 Å². The summed E-state index contributed by atoms with van der Waals surface area (Å²) < 4.78 is 10.9. The molecular weight excluding hydrogens is 360 g/mol. The molecule has 0 bridgehead atoms. The quantitative estimate of drug-likeness (QED) is 0.626. The number of anilines is 1. The van der Waals surface area contributed by atoms with Crippen LogP contribution in [0.15, 0.2) is 42.1 Å². The van der Waals surface area contributed by atoms with E-state index in [2.05, 4.69) is 11.4 Å². The molecule has 1 N–H and O–H groups in total. The van der Waals surface area contributed by atoms with Gasteiger partial charge < -0.3 is 14.8 Å². The third-order valence-electron chi connectivity index (χ3n) is 4.14. The maximum Gasteiger partial charge on any atom is 0.281 e. The summed E-state index contributed by atoms with van der Waals surface area (Å²) in [5.74, 6) is 1.10. The number of rotatable bonds is 5. The first-order chi connectivity index (χ1) is 12.9. The van der Waals surface area contributed by atoms with Crippen LogP contribution in [-0.2, 0) is 4.79 Å². The fourth-order valence-electron chi connectivity index (χ4n) is 3.07. The summed E-state index contributed by atoms with van der Waals surface area (Å²) in [5, 5.41) is 3.39. The second-order valence-electron chi connectivity index (χ2n) is 6.32. The van der Waals surface area contributed by atoms with Crippen LogP contribution in [0, 0.1) is 13.8 Å². The molecule has 27 heavy (non-hydrogen) atoms. The van der Waals surface area contributed by atoms with Crippen molar-refractivity contribution in [1.82, 2.24) is 5.32 Å². The zero-order valence-corrected chi connectivity index (χ0v) is 16.6. The normalized spacial score (nSPS) is 15.3. The molecule has 1 fully saturated rings. The monoisotopic (exact) mass is 382 g/mol. The lowest BCUT2D eigenvalue weighted by atomic mass is 10.1. The van der Waals surface area contributed by atoms with Crippen LogP contribution in [0.3, 0.4) is 0 Å². The standard InChI is InChI=1S/C21H22N2O3S/c1-5-26-19-12-15(6-7-18(19)25-4)11-17-20(24)23(21(27)22-17)16-9-13(2)8-14(3)10-16/h6-12H,5H2,1-4H3,(H,22,27)/b17-11-. The summed E-state index contributed by atoms with van der Waals surface area (Å²) in [6.45, 7) is 6.43. The Morgan fingerprint density at radius 3 is 2.44 bits per heavy atom. The number of amides is 1. The van der Waals surface area contributed by atoms with Gasteiger partial charge in [-0.2, -0.15) is 0 Å². The van der Waals surface area contributed by atoms with Gasteiger partial charge in [0.15, 0.2) is 16.6 Å². The third-order valence-corrected chi connectivity index (χ3v) is 4.43. The zero-order chi connectivity index (χ0) is 19.6. The van der Waals surface area contributed by atoms with Crippen LogP contribution < -0.4 is 19.7 Å². The van der Waals surface area contributed by atoms with Crippen LogP contribution >= 0.6 is 12.2 Å². The minimum atomic E-state index is -0.182. The van der Waals surface area contributed by atoms with E-state index in [0.717, 1.165) is 22.4 Å². The predicted octanol–water partition coefficient (Wildman–Crippen LogP) is 3.97. The number of hydrogen-bond acceptors (Lipinski definition) is 4. The Morgan fingerprint density at radius 2 is 1.81 bits per heavy atom. The molecule has 6 heteroatoms. The number of nitrogens with zero attached hydrogens (tertiary/aromatic N) is 1. The van der Waals surface area contributed by atoms with Crippen molar-refractivity contribution in [2.75, 3.05) is 18.6 Å². The van der Waals surface area contributed by atoms with E-state index in [1.807, 2.05) is 51.1 Å². The van der Waals surface area contributed by atoms with Gasteiger partial charge in [0.05, 0.1) is 19.4 Å². The Bertz CT molecular complexity index is 917. The lowest BCUT2D eigenvalue weighted by molar-refractivity contribution is -0.113. The first-order valence-corrected chi connectivity index (χ1v) is 9.10. The molecule has 3 rings (SSSR count). The molecule has 2 aromatic rings. The van der Waals surface area contributed by atoms with Crippen LogP contribution in [0.4, 0.5) is 5.69 Å². The Hall–Kier alpha value is -2.86. The van der Waals surface area contributed by atoms with E-state index in [-0.39, 0.29) is 5.91 Å². The number of thiocarbonyl (C=S) groups is 1. The minimum absolute atomic E-state index is 0.182. The molecule has 0 saturated carbocycles. The summed E-state index contributed by atoms with van der Waals surface area (Å²) in [6, 6.07) is 11.5. The fraction of sp³-hybridized carbons (Fsp3) is 0.238. The van der Waals surface area contributed by atoms with Gasteiger partial charge in [0.1, 0.15) is 5.70 Å². The summed E-state index contributed by atoms with van der Waals surface area (Å²) >= 11 is 5.39. The van der Waals surface area contributed by atoms with E-state index >= 15 is 0 Å². The number of aryl methyl sites for hydroxylation is 2. The molecule has 1 aliphatic heterocycles. The molecule has 0 radical (unpaired) electrons. The molecule has 1 aliphatic rings. The second kappa shape index (κ2) is 7.80. The summed E-state index contributed by atoms with van der Waals surface area (Å²) in [6.07, 6.45) is 1.76. The van der Waals surface area contributed by atoms with Gasteiger partial charge in [-0.05, 0) is 80.0 Å². The first kappa shape index (κ1) is 18.9. The van der Waals surface area contributed by atoms with Crippen LogP contribution in [0.1, 0.15) is 23.6 Å². The van der Waals surface area contributed by atoms with Crippen molar-refractivity contribution < 1.29 is 14.3 Å².